The summed E-state index contributed by atoms with van der Waals surface area (Å²) in [5.41, 5.74) is 4.71. The number of aliphatic hydroxyl groups is 1. The van der Waals surface area contributed by atoms with Crippen molar-refractivity contribution in [2.24, 2.45) is 0 Å². The molecule has 0 saturated heterocycles. The standard InChI is InChI=1S/C24H37NO2Si.C18H23NO2/c1-24(2,3)28(5,6)27-20-18-25(4)17-19-26-23(21-13-9-7-10-14-21)22-15-11-8-12-16-22;1-19(12-14-20)13-15-21-18(16-8-4-2-5-9-16)17-10-6-3-7-11-17/h7-16,23H,17-20H2,1-6H3;2-11,18,20H,12-15H2,1H3. The molecule has 4 aromatic rings. The van der Waals surface area contributed by atoms with Gasteiger partial charge in [0.05, 0.1) is 19.8 Å². The minimum absolute atomic E-state index is 0.0284. The van der Waals surface area contributed by atoms with Crippen molar-refractivity contribution in [3.8, 4) is 0 Å². The van der Waals surface area contributed by atoms with Gasteiger partial charge in [-0.05, 0) is 54.5 Å². The van der Waals surface area contributed by atoms with Crippen molar-refractivity contribution in [3.05, 3.63) is 144 Å². The molecule has 0 unspecified atom stereocenters. The van der Waals surface area contributed by atoms with Gasteiger partial charge in [0.25, 0.3) is 0 Å². The summed E-state index contributed by atoms with van der Waals surface area (Å²) in [6, 6.07) is 41.4. The minimum Gasteiger partial charge on any atom is -0.416 e. The highest BCUT2D eigenvalue weighted by molar-refractivity contribution is 6.74. The average Bonchev–Trinajstić information content (AvgIpc) is 3.10. The molecular weight excluding hydrogens is 625 g/mol. The maximum absolute atomic E-state index is 8.92. The first-order valence-corrected chi connectivity index (χ1v) is 20.5. The Bertz CT molecular complexity index is 1320. The first-order valence-electron chi connectivity index (χ1n) is 17.6. The van der Waals surface area contributed by atoms with Gasteiger partial charge < -0.3 is 28.8 Å². The van der Waals surface area contributed by atoms with E-state index in [0.717, 1.165) is 37.4 Å². The van der Waals surface area contributed by atoms with Gasteiger partial charge in [0.2, 0.25) is 0 Å². The zero-order valence-corrected chi connectivity index (χ0v) is 31.9. The Morgan fingerprint density at radius 2 is 0.837 bits per heavy atom. The molecule has 7 heteroatoms. The number of likely N-dealkylation sites (N-methyl/N-ethyl adjacent to an activating group) is 2. The van der Waals surface area contributed by atoms with Crippen LogP contribution in [0.1, 0.15) is 55.2 Å². The smallest absolute Gasteiger partial charge is 0.192 e. The van der Waals surface area contributed by atoms with Crippen LogP contribution in [0.15, 0.2) is 121 Å². The molecule has 4 aromatic carbocycles. The second-order valence-electron chi connectivity index (χ2n) is 14.1. The summed E-state index contributed by atoms with van der Waals surface area (Å²) in [6.07, 6.45) is -0.0748. The summed E-state index contributed by atoms with van der Waals surface area (Å²) in [5, 5.41) is 9.18. The van der Waals surface area contributed by atoms with E-state index in [0.29, 0.717) is 19.8 Å². The molecule has 0 spiro atoms. The number of rotatable bonds is 18. The highest BCUT2D eigenvalue weighted by Gasteiger charge is 2.36. The third-order valence-corrected chi connectivity index (χ3v) is 13.7. The molecule has 0 heterocycles. The number of aliphatic hydroxyl groups excluding tert-OH is 1. The van der Waals surface area contributed by atoms with Crippen LogP contribution in [-0.4, -0.2) is 89.9 Å². The predicted molar refractivity (Wildman–Crippen MR) is 207 cm³/mol. The summed E-state index contributed by atoms with van der Waals surface area (Å²) < 4.78 is 18.7. The Hall–Kier alpha value is -3.14. The van der Waals surface area contributed by atoms with E-state index < -0.39 is 8.32 Å². The van der Waals surface area contributed by atoms with Crippen molar-refractivity contribution < 1.29 is 19.0 Å². The molecule has 4 rings (SSSR count). The Morgan fingerprint density at radius 1 is 0.531 bits per heavy atom. The van der Waals surface area contributed by atoms with Crippen LogP contribution >= 0.6 is 0 Å². The van der Waals surface area contributed by atoms with Gasteiger partial charge >= 0.3 is 0 Å². The van der Waals surface area contributed by atoms with Gasteiger partial charge in [0.1, 0.15) is 12.2 Å². The number of hydrogen-bond donors (Lipinski definition) is 1. The summed E-state index contributed by atoms with van der Waals surface area (Å²) in [5.74, 6) is 0. The summed E-state index contributed by atoms with van der Waals surface area (Å²) in [6.45, 7) is 17.0. The van der Waals surface area contributed by atoms with E-state index in [1.807, 2.05) is 55.6 Å². The first kappa shape index (κ1) is 40.3. The lowest BCUT2D eigenvalue weighted by molar-refractivity contribution is 0.0617. The van der Waals surface area contributed by atoms with Crippen LogP contribution in [0.25, 0.3) is 0 Å². The lowest BCUT2D eigenvalue weighted by Crippen LogP contribution is -2.42. The van der Waals surface area contributed by atoms with E-state index >= 15 is 0 Å². The summed E-state index contributed by atoms with van der Waals surface area (Å²) in [7, 11) is 2.46. The van der Waals surface area contributed by atoms with E-state index in [9.17, 15) is 0 Å². The number of nitrogens with zero attached hydrogens (tertiary/aromatic N) is 2. The Labute approximate surface area is 297 Å². The van der Waals surface area contributed by atoms with Gasteiger partial charge in [-0.15, -0.1) is 0 Å². The second kappa shape index (κ2) is 21.2. The normalized spacial score (nSPS) is 12.1. The van der Waals surface area contributed by atoms with E-state index in [1.165, 1.54) is 11.1 Å². The van der Waals surface area contributed by atoms with Gasteiger partial charge in [0.15, 0.2) is 8.32 Å². The molecule has 0 radical (unpaired) electrons. The van der Waals surface area contributed by atoms with Crippen molar-refractivity contribution in [2.45, 2.75) is 51.1 Å². The highest BCUT2D eigenvalue weighted by atomic mass is 28.4. The maximum Gasteiger partial charge on any atom is 0.192 e. The lowest BCUT2D eigenvalue weighted by atomic mass is 10.0. The third kappa shape index (κ3) is 14.3. The largest absolute Gasteiger partial charge is 0.416 e. The molecule has 0 aliphatic carbocycles. The Kier molecular flexibility index (Phi) is 17.4. The molecule has 0 bridgehead atoms. The topological polar surface area (TPSA) is 54.4 Å². The van der Waals surface area contributed by atoms with Crippen molar-refractivity contribution in [2.75, 3.05) is 66.7 Å². The summed E-state index contributed by atoms with van der Waals surface area (Å²) in [4.78, 5) is 4.35. The molecule has 0 atom stereocenters. The Balaban J connectivity index is 0.000000276. The zero-order valence-electron chi connectivity index (χ0n) is 30.9. The molecule has 0 saturated carbocycles. The maximum atomic E-state index is 8.92. The van der Waals surface area contributed by atoms with Crippen LogP contribution in [0.3, 0.4) is 0 Å². The zero-order chi connectivity index (χ0) is 35.5. The van der Waals surface area contributed by atoms with Gasteiger partial charge in [-0.2, -0.15) is 0 Å². The fourth-order valence-corrected chi connectivity index (χ4v) is 6.04. The highest BCUT2D eigenvalue weighted by Crippen LogP contribution is 2.36. The number of hydrogen-bond acceptors (Lipinski definition) is 6. The van der Waals surface area contributed by atoms with Crippen molar-refractivity contribution in [3.63, 3.8) is 0 Å². The summed E-state index contributed by atoms with van der Waals surface area (Å²) >= 11 is 0. The fourth-order valence-electron chi connectivity index (χ4n) is 5.00. The molecular formula is C42H60N2O4Si. The predicted octanol–water partition coefficient (Wildman–Crippen LogP) is 8.46. The molecule has 1 N–H and O–H groups in total. The minimum atomic E-state index is -1.67. The van der Waals surface area contributed by atoms with Gasteiger partial charge in [-0.25, -0.2) is 0 Å². The molecule has 266 valence electrons. The van der Waals surface area contributed by atoms with Crippen LogP contribution in [-0.2, 0) is 13.9 Å². The number of benzene rings is 4. The monoisotopic (exact) mass is 684 g/mol. The molecule has 0 amide bonds. The quantitative estimate of drug-likeness (QED) is 0.106. The molecule has 0 aromatic heterocycles. The molecule has 49 heavy (non-hydrogen) atoms. The molecule has 0 aliphatic heterocycles. The third-order valence-electron chi connectivity index (χ3n) is 9.15. The van der Waals surface area contributed by atoms with Crippen molar-refractivity contribution >= 4 is 8.32 Å². The van der Waals surface area contributed by atoms with Crippen LogP contribution < -0.4 is 0 Å². The first-order chi connectivity index (χ1) is 23.5. The van der Waals surface area contributed by atoms with Crippen LogP contribution in [0, 0.1) is 0 Å². The van der Waals surface area contributed by atoms with Gasteiger partial charge in [-0.1, -0.05) is 142 Å². The fraction of sp³-hybridized carbons (Fsp3) is 0.429. The second-order valence-corrected chi connectivity index (χ2v) is 18.9. The SMILES string of the molecule is CN(CCO)CCOC(c1ccccc1)c1ccccc1.CN(CCOC(c1ccccc1)c1ccccc1)CCO[Si](C)(C)C(C)(C)C. The van der Waals surface area contributed by atoms with Gasteiger partial charge in [-0.3, -0.25) is 0 Å². The van der Waals surface area contributed by atoms with E-state index in [2.05, 4.69) is 124 Å². The van der Waals surface area contributed by atoms with Crippen molar-refractivity contribution in [1.82, 2.24) is 9.80 Å². The van der Waals surface area contributed by atoms with E-state index in [4.69, 9.17) is 19.0 Å². The number of ether oxygens (including phenoxy) is 2. The molecule has 6 nitrogen and oxygen atoms in total. The van der Waals surface area contributed by atoms with Crippen LogP contribution in [0.2, 0.25) is 18.1 Å². The van der Waals surface area contributed by atoms with Crippen LogP contribution in [0.5, 0.6) is 0 Å². The van der Waals surface area contributed by atoms with Crippen LogP contribution in [0.4, 0.5) is 0 Å². The molecule has 0 fully saturated rings. The van der Waals surface area contributed by atoms with Crippen molar-refractivity contribution in [1.29, 1.82) is 0 Å². The van der Waals surface area contributed by atoms with Gasteiger partial charge in [0, 0.05) is 32.8 Å². The lowest BCUT2D eigenvalue weighted by Gasteiger charge is -2.36. The van der Waals surface area contributed by atoms with E-state index in [-0.39, 0.29) is 23.9 Å². The Morgan fingerprint density at radius 3 is 1.14 bits per heavy atom. The van der Waals surface area contributed by atoms with E-state index in [1.54, 1.807) is 0 Å². The average molecular weight is 685 g/mol. The molecule has 0 aliphatic rings.